The van der Waals surface area contributed by atoms with E-state index in [4.69, 9.17) is 4.74 Å². The van der Waals surface area contributed by atoms with E-state index in [9.17, 15) is 4.79 Å². The van der Waals surface area contributed by atoms with Gasteiger partial charge in [-0.2, -0.15) is 11.8 Å². The second-order valence-electron chi connectivity index (χ2n) is 6.68. The minimum Gasteiger partial charge on any atom is -0.385 e. The minimum atomic E-state index is 0. The van der Waals surface area contributed by atoms with Crippen molar-refractivity contribution in [2.45, 2.75) is 32.1 Å². The highest BCUT2D eigenvalue weighted by Gasteiger charge is 2.33. The zero-order valence-electron chi connectivity index (χ0n) is 16.1. The van der Waals surface area contributed by atoms with Crippen molar-refractivity contribution >= 4 is 47.6 Å². The van der Waals surface area contributed by atoms with Crippen molar-refractivity contribution in [3.8, 4) is 0 Å². The molecule has 0 heterocycles. The Morgan fingerprint density at radius 2 is 1.96 bits per heavy atom. The van der Waals surface area contributed by atoms with Crippen LogP contribution in [0.4, 0.5) is 0 Å². The first-order valence-electron chi connectivity index (χ1n) is 8.73. The molecule has 148 valence electrons. The summed E-state index contributed by atoms with van der Waals surface area (Å²) in [6, 6.07) is 0. The van der Waals surface area contributed by atoms with Crippen LogP contribution >= 0.6 is 35.7 Å². The first-order chi connectivity index (χ1) is 11.5. The Morgan fingerprint density at radius 1 is 1.28 bits per heavy atom. The van der Waals surface area contributed by atoms with Crippen molar-refractivity contribution in [3.05, 3.63) is 0 Å². The number of halogens is 1. The number of hydrogen-bond acceptors (Lipinski definition) is 4. The number of guanidine groups is 1. The molecule has 2 N–H and O–H groups in total. The molecular weight excluding hydrogens is 451 g/mol. The van der Waals surface area contributed by atoms with Gasteiger partial charge in [-0.1, -0.05) is 12.8 Å². The summed E-state index contributed by atoms with van der Waals surface area (Å²) in [7, 11) is 5.27. The number of carbonyl (C=O) groups is 1. The summed E-state index contributed by atoms with van der Waals surface area (Å²) in [6.07, 6.45) is 8.20. The monoisotopic (exact) mass is 486 g/mol. The molecule has 0 spiro atoms. The summed E-state index contributed by atoms with van der Waals surface area (Å²) >= 11 is 1.79. The third-order valence-corrected chi connectivity index (χ3v) is 5.21. The molecule has 25 heavy (non-hydrogen) atoms. The summed E-state index contributed by atoms with van der Waals surface area (Å²) in [5, 5.41) is 6.80. The molecule has 0 atom stereocenters. The molecule has 1 amide bonds. The molecule has 1 aliphatic carbocycles. The SMILES string of the molecule is COCCC1(CNC(=NCC(=O)N(C)C)NCCSC)CCCC1.I. The van der Waals surface area contributed by atoms with Crippen LogP contribution < -0.4 is 10.6 Å². The van der Waals surface area contributed by atoms with E-state index in [0.717, 1.165) is 37.8 Å². The summed E-state index contributed by atoms with van der Waals surface area (Å²) in [6.45, 7) is 2.70. The van der Waals surface area contributed by atoms with Gasteiger partial charge in [0.15, 0.2) is 5.96 Å². The van der Waals surface area contributed by atoms with Gasteiger partial charge in [-0.05, 0) is 30.9 Å². The lowest BCUT2D eigenvalue weighted by molar-refractivity contribution is -0.127. The fraction of sp³-hybridized carbons (Fsp3) is 0.882. The molecular formula is C17H35IN4O2S. The van der Waals surface area contributed by atoms with Gasteiger partial charge in [-0.25, -0.2) is 4.99 Å². The lowest BCUT2D eigenvalue weighted by Crippen LogP contribution is -2.44. The van der Waals surface area contributed by atoms with Crippen LogP contribution in [0.5, 0.6) is 0 Å². The van der Waals surface area contributed by atoms with Gasteiger partial charge in [0.05, 0.1) is 0 Å². The summed E-state index contributed by atoms with van der Waals surface area (Å²) in [5.74, 6) is 1.76. The Kier molecular flexibility index (Phi) is 13.8. The van der Waals surface area contributed by atoms with E-state index < -0.39 is 0 Å². The Labute approximate surface area is 174 Å². The molecule has 1 saturated carbocycles. The highest BCUT2D eigenvalue weighted by atomic mass is 127. The topological polar surface area (TPSA) is 66.0 Å². The Hall–Kier alpha value is -0.220. The van der Waals surface area contributed by atoms with Crippen LogP contribution in [0.25, 0.3) is 0 Å². The molecule has 0 aromatic heterocycles. The summed E-state index contributed by atoms with van der Waals surface area (Å²) in [4.78, 5) is 17.8. The van der Waals surface area contributed by atoms with E-state index in [2.05, 4.69) is 21.9 Å². The number of hydrogen-bond donors (Lipinski definition) is 2. The smallest absolute Gasteiger partial charge is 0.243 e. The first-order valence-corrected chi connectivity index (χ1v) is 10.1. The average Bonchev–Trinajstić information content (AvgIpc) is 3.04. The number of likely N-dealkylation sites (N-methyl/N-ethyl adjacent to an activating group) is 1. The number of nitrogens with one attached hydrogen (secondary N) is 2. The Morgan fingerprint density at radius 3 is 2.52 bits per heavy atom. The standard InChI is InChI=1S/C17H34N4O2S.HI/c1-21(2)15(22)13-19-16(18-10-12-24-4)20-14-17(9-11-23-3)7-5-6-8-17;/h5-14H2,1-4H3,(H2,18,19,20);1H. The molecule has 0 aromatic carbocycles. The molecule has 0 aromatic rings. The number of methoxy groups -OCH3 is 1. The molecule has 1 rings (SSSR count). The van der Waals surface area contributed by atoms with Crippen molar-refractivity contribution < 1.29 is 9.53 Å². The zero-order chi connectivity index (χ0) is 17.8. The van der Waals surface area contributed by atoms with Crippen LogP contribution in [0.2, 0.25) is 0 Å². The normalized spacial score (nSPS) is 16.2. The van der Waals surface area contributed by atoms with Crippen LogP contribution in [0.15, 0.2) is 4.99 Å². The molecule has 1 aliphatic rings. The predicted octanol–water partition coefficient (Wildman–Crippen LogP) is 2.19. The van der Waals surface area contributed by atoms with Crippen LogP contribution in [0, 0.1) is 5.41 Å². The van der Waals surface area contributed by atoms with Gasteiger partial charge in [-0.15, -0.1) is 24.0 Å². The molecule has 8 heteroatoms. The van der Waals surface area contributed by atoms with E-state index >= 15 is 0 Å². The second-order valence-corrected chi connectivity index (χ2v) is 7.66. The lowest BCUT2D eigenvalue weighted by atomic mass is 9.83. The van der Waals surface area contributed by atoms with E-state index in [0.29, 0.717) is 5.41 Å². The first kappa shape index (κ1) is 24.8. The highest BCUT2D eigenvalue weighted by Crippen LogP contribution is 2.40. The molecule has 0 aliphatic heterocycles. The van der Waals surface area contributed by atoms with Gasteiger partial charge in [-0.3, -0.25) is 4.79 Å². The van der Waals surface area contributed by atoms with Crippen LogP contribution in [-0.2, 0) is 9.53 Å². The summed E-state index contributed by atoms with van der Waals surface area (Å²) in [5.41, 5.74) is 0.295. The van der Waals surface area contributed by atoms with Gasteiger partial charge >= 0.3 is 0 Å². The number of ether oxygens (including phenoxy) is 1. The quantitative estimate of drug-likeness (QED) is 0.215. The van der Waals surface area contributed by atoms with Gasteiger partial charge in [0, 0.05) is 46.7 Å². The average molecular weight is 486 g/mol. The molecule has 1 fully saturated rings. The lowest BCUT2D eigenvalue weighted by Gasteiger charge is -2.30. The molecule has 0 bridgehead atoms. The minimum absolute atomic E-state index is 0. The third kappa shape index (κ3) is 9.89. The van der Waals surface area contributed by atoms with Crippen molar-refractivity contribution in [1.82, 2.24) is 15.5 Å². The van der Waals surface area contributed by atoms with Crippen molar-refractivity contribution in [2.24, 2.45) is 10.4 Å². The van der Waals surface area contributed by atoms with Crippen LogP contribution in [0.1, 0.15) is 32.1 Å². The molecule has 0 radical (unpaired) electrons. The number of thioether (sulfide) groups is 1. The Balaban J connectivity index is 0.00000576. The van der Waals surface area contributed by atoms with Gasteiger partial charge in [0.2, 0.25) is 5.91 Å². The largest absolute Gasteiger partial charge is 0.385 e. The number of carbonyl (C=O) groups excluding carboxylic acids is 1. The van der Waals surface area contributed by atoms with Crippen molar-refractivity contribution in [3.63, 3.8) is 0 Å². The van der Waals surface area contributed by atoms with Gasteiger partial charge < -0.3 is 20.3 Å². The number of amides is 1. The van der Waals surface area contributed by atoms with E-state index in [1.54, 1.807) is 37.9 Å². The maximum Gasteiger partial charge on any atom is 0.243 e. The van der Waals surface area contributed by atoms with Gasteiger partial charge in [0.1, 0.15) is 6.54 Å². The Bertz CT molecular complexity index is 402. The predicted molar refractivity (Wildman–Crippen MR) is 118 cm³/mol. The van der Waals surface area contributed by atoms with Crippen molar-refractivity contribution in [2.75, 3.05) is 59.5 Å². The van der Waals surface area contributed by atoms with E-state index in [-0.39, 0.29) is 36.4 Å². The molecule has 6 nitrogen and oxygen atoms in total. The van der Waals surface area contributed by atoms with Crippen molar-refractivity contribution in [1.29, 1.82) is 0 Å². The zero-order valence-corrected chi connectivity index (χ0v) is 19.2. The van der Waals surface area contributed by atoms with E-state index in [1.165, 1.54) is 25.7 Å². The number of nitrogens with zero attached hydrogens (tertiary/aromatic N) is 2. The second kappa shape index (κ2) is 13.9. The number of rotatable bonds is 10. The fourth-order valence-electron chi connectivity index (χ4n) is 2.96. The molecule has 0 saturated heterocycles. The highest BCUT2D eigenvalue weighted by molar-refractivity contribution is 14.0. The summed E-state index contributed by atoms with van der Waals surface area (Å²) < 4.78 is 5.29. The van der Waals surface area contributed by atoms with E-state index in [1.807, 2.05) is 0 Å². The number of aliphatic imine (C=N–C) groups is 1. The maximum atomic E-state index is 11.8. The van der Waals surface area contributed by atoms with Gasteiger partial charge in [0.25, 0.3) is 0 Å². The maximum absolute atomic E-state index is 11.8. The van der Waals surface area contributed by atoms with Crippen LogP contribution in [0.3, 0.4) is 0 Å². The fourth-order valence-corrected chi connectivity index (χ4v) is 3.27. The third-order valence-electron chi connectivity index (χ3n) is 4.60. The van der Waals surface area contributed by atoms with Crippen LogP contribution in [-0.4, -0.2) is 76.2 Å². The molecule has 0 unspecified atom stereocenters.